The van der Waals surface area contributed by atoms with Gasteiger partial charge in [0.05, 0.1) is 4.99 Å². The Bertz CT molecular complexity index is 401. The molecule has 2 N–H and O–H groups in total. The Hall–Kier alpha value is -0.200. The van der Waals surface area contributed by atoms with Crippen LogP contribution in [0.2, 0.25) is 0 Å². The zero-order chi connectivity index (χ0) is 14.6. The monoisotopic (exact) mass is 306 g/mol. The maximum atomic E-state index is 12.6. The van der Waals surface area contributed by atoms with Gasteiger partial charge in [-0.15, -0.1) is 0 Å². The van der Waals surface area contributed by atoms with Crippen molar-refractivity contribution >= 4 is 27.2 Å². The molecule has 6 heteroatoms. The van der Waals surface area contributed by atoms with Crippen LogP contribution in [0.1, 0.15) is 52.9 Å². The van der Waals surface area contributed by atoms with Gasteiger partial charge >= 0.3 is 0 Å². The van der Waals surface area contributed by atoms with Gasteiger partial charge in [0, 0.05) is 12.6 Å². The number of rotatable bonds is 7. The molecule has 0 aromatic carbocycles. The van der Waals surface area contributed by atoms with Gasteiger partial charge in [0.1, 0.15) is 5.25 Å². The van der Waals surface area contributed by atoms with Crippen molar-refractivity contribution in [2.75, 3.05) is 6.54 Å². The van der Waals surface area contributed by atoms with Gasteiger partial charge in [0.25, 0.3) is 0 Å². The van der Waals surface area contributed by atoms with E-state index in [1.807, 2.05) is 0 Å². The van der Waals surface area contributed by atoms with Gasteiger partial charge in [-0.05, 0) is 32.1 Å². The van der Waals surface area contributed by atoms with Crippen LogP contribution in [0.15, 0.2) is 0 Å². The van der Waals surface area contributed by atoms with Crippen molar-refractivity contribution in [2.45, 2.75) is 64.2 Å². The van der Waals surface area contributed by atoms with E-state index in [4.69, 9.17) is 18.0 Å². The minimum absolute atomic E-state index is 0.0625. The van der Waals surface area contributed by atoms with Crippen LogP contribution in [0.3, 0.4) is 0 Å². The van der Waals surface area contributed by atoms with E-state index in [1.54, 1.807) is 11.2 Å². The highest BCUT2D eigenvalue weighted by atomic mass is 32.2. The minimum atomic E-state index is -3.41. The molecule has 1 fully saturated rings. The fourth-order valence-corrected chi connectivity index (χ4v) is 4.50. The summed E-state index contributed by atoms with van der Waals surface area (Å²) in [6.07, 6.45) is 5.02. The van der Waals surface area contributed by atoms with Crippen molar-refractivity contribution in [1.29, 1.82) is 0 Å². The smallest absolute Gasteiger partial charge is 0.223 e. The van der Waals surface area contributed by atoms with Crippen LogP contribution in [0.5, 0.6) is 0 Å². The summed E-state index contributed by atoms with van der Waals surface area (Å²) >= 11 is 4.87. The molecule has 0 aromatic heterocycles. The van der Waals surface area contributed by atoms with Crippen molar-refractivity contribution in [2.24, 2.45) is 11.7 Å². The largest absolute Gasteiger partial charge is 0.392 e. The second kappa shape index (κ2) is 6.99. The van der Waals surface area contributed by atoms with Crippen molar-refractivity contribution in [1.82, 2.24) is 4.31 Å². The first-order valence-electron chi connectivity index (χ1n) is 7.06. The quantitative estimate of drug-likeness (QED) is 0.733. The number of nitrogens with two attached hydrogens (primary N) is 1. The first-order chi connectivity index (χ1) is 8.76. The topological polar surface area (TPSA) is 63.4 Å². The molecule has 1 rings (SSSR count). The van der Waals surface area contributed by atoms with Crippen LogP contribution in [-0.4, -0.2) is 35.5 Å². The average molecular weight is 306 g/mol. The lowest BCUT2D eigenvalue weighted by molar-refractivity contribution is 0.304. The van der Waals surface area contributed by atoms with Crippen LogP contribution in [0.4, 0.5) is 0 Å². The molecule has 1 saturated carbocycles. The summed E-state index contributed by atoms with van der Waals surface area (Å²) in [5.41, 5.74) is 5.54. The number of thiocarbonyl (C=S) groups is 1. The molecule has 0 radical (unpaired) electrons. The van der Waals surface area contributed by atoms with Crippen LogP contribution >= 0.6 is 12.2 Å². The molecule has 0 aromatic rings. The predicted octanol–water partition coefficient (Wildman–Crippen LogP) is 2.28. The Morgan fingerprint density at radius 2 is 1.84 bits per heavy atom. The van der Waals surface area contributed by atoms with Gasteiger partial charge in [-0.3, -0.25) is 0 Å². The van der Waals surface area contributed by atoms with E-state index >= 15 is 0 Å². The molecule has 1 aliphatic rings. The second-order valence-corrected chi connectivity index (χ2v) is 8.50. The highest BCUT2D eigenvalue weighted by Gasteiger charge is 2.36. The number of hydrogen-bond donors (Lipinski definition) is 1. The van der Waals surface area contributed by atoms with E-state index in [1.165, 1.54) is 0 Å². The molecule has 1 aliphatic carbocycles. The molecule has 0 heterocycles. The summed E-state index contributed by atoms with van der Waals surface area (Å²) in [5, 5.41) is -0.768. The van der Waals surface area contributed by atoms with E-state index in [0.717, 1.165) is 32.1 Å². The highest BCUT2D eigenvalue weighted by molar-refractivity contribution is 7.92. The summed E-state index contributed by atoms with van der Waals surface area (Å²) in [4.78, 5) is 0.0625. The van der Waals surface area contributed by atoms with Gasteiger partial charge < -0.3 is 5.73 Å². The lowest BCUT2D eigenvalue weighted by Crippen LogP contribution is -2.47. The zero-order valence-electron chi connectivity index (χ0n) is 12.1. The van der Waals surface area contributed by atoms with Gasteiger partial charge in [-0.25, -0.2) is 8.42 Å². The number of nitrogens with zero attached hydrogens (tertiary/aromatic N) is 1. The summed E-state index contributed by atoms with van der Waals surface area (Å²) in [6, 6.07) is 0.139. The number of sulfonamides is 1. The third kappa shape index (κ3) is 4.39. The first kappa shape index (κ1) is 16.9. The van der Waals surface area contributed by atoms with Crippen molar-refractivity contribution in [3.05, 3.63) is 0 Å². The van der Waals surface area contributed by atoms with E-state index in [9.17, 15) is 8.42 Å². The fourth-order valence-electron chi connectivity index (χ4n) is 2.45. The maximum Gasteiger partial charge on any atom is 0.223 e. The average Bonchev–Trinajstić information content (AvgIpc) is 2.80. The number of hydrogen-bond acceptors (Lipinski definition) is 3. The summed E-state index contributed by atoms with van der Waals surface area (Å²) in [6.45, 7) is 6.39. The SMILES string of the molecule is CC(C)CCN(C1CCCC1)S(=O)(=O)C(C)C(N)=S. The summed E-state index contributed by atoms with van der Waals surface area (Å²) in [5.74, 6) is 0.485. The van der Waals surface area contributed by atoms with Gasteiger partial charge in [-0.1, -0.05) is 38.9 Å². The molecular formula is C13H26N2O2S2. The van der Waals surface area contributed by atoms with E-state index < -0.39 is 15.3 Å². The molecule has 0 saturated heterocycles. The minimum Gasteiger partial charge on any atom is -0.392 e. The van der Waals surface area contributed by atoms with Crippen LogP contribution in [0.25, 0.3) is 0 Å². The van der Waals surface area contributed by atoms with Crippen LogP contribution < -0.4 is 5.73 Å². The maximum absolute atomic E-state index is 12.6. The molecule has 0 bridgehead atoms. The first-order valence-corrected chi connectivity index (χ1v) is 8.98. The Morgan fingerprint density at radius 1 is 1.32 bits per heavy atom. The molecule has 0 aliphatic heterocycles. The third-order valence-electron chi connectivity index (χ3n) is 3.83. The molecule has 1 unspecified atom stereocenters. The molecule has 1 atom stereocenters. The normalized spacial score (nSPS) is 19.2. The van der Waals surface area contributed by atoms with Crippen molar-refractivity contribution < 1.29 is 8.42 Å². The van der Waals surface area contributed by atoms with E-state index in [0.29, 0.717) is 12.5 Å². The van der Waals surface area contributed by atoms with Crippen LogP contribution in [0, 0.1) is 5.92 Å². The third-order valence-corrected chi connectivity index (χ3v) is 6.62. The van der Waals surface area contributed by atoms with Gasteiger partial charge in [0.15, 0.2) is 0 Å². The Kier molecular flexibility index (Phi) is 6.20. The van der Waals surface area contributed by atoms with E-state index in [-0.39, 0.29) is 11.0 Å². The zero-order valence-corrected chi connectivity index (χ0v) is 13.8. The van der Waals surface area contributed by atoms with Crippen LogP contribution in [-0.2, 0) is 10.0 Å². The van der Waals surface area contributed by atoms with Gasteiger partial charge in [0.2, 0.25) is 10.0 Å². The molecule has 0 spiro atoms. The Morgan fingerprint density at radius 3 is 2.26 bits per heavy atom. The van der Waals surface area contributed by atoms with E-state index in [2.05, 4.69) is 13.8 Å². The molecule has 19 heavy (non-hydrogen) atoms. The summed E-state index contributed by atoms with van der Waals surface area (Å²) in [7, 11) is -3.41. The van der Waals surface area contributed by atoms with Crippen molar-refractivity contribution in [3.63, 3.8) is 0 Å². The van der Waals surface area contributed by atoms with Gasteiger partial charge in [-0.2, -0.15) is 4.31 Å². The summed E-state index contributed by atoms with van der Waals surface area (Å²) < 4.78 is 26.9. The molecule has 0 amide bonds. The van der Waals surface area contributed by atoms with Crippen molar-refractivity contribution in [3.8, 4) is 0 Å². The standard InChI is InChI=1S/C13H26N2O2S2/c1-10(2)8-9-15(12-6-4-5-7-12)19(16,17)11(3)13(14)18/h10-12H,4-9H2,1-3H3,(H2,14,18). The molecule has 112 valence electrons. The fraction of sp³-hybridized carbons (Fsp3) is 0.923. The second-order valence-electron chi connectivity index (χ2n) is 5.82. The highest BCUT2D eigenvalue weighted by Crippen LogP contribution is 2.28. The Balaban J connectivity index is 2.91. The Labute approximate surface area is 122 Å². The molecular weight excluding hydrogens is 280 g/mol. The lowest BCUT2D eigenvalue weighted by atomic mass is 10.1. The predicted molar refractivity (Wildman–Crippen MR) is 83.6 cm³/mol. The lowest BCUT2D eigenvalue weighted by Gasteiger charge is -2.31. The molecule has 4 nitrogen and oxygen atoms in total.